The van der Waals surface area contributed by atoms with Gasteiger partial charge in [-0.1, -0.05) is 54.9 Å². The van der Waals surface area contributed by atoms with Crippen LogP contribution in [0.5, 0.6) is 0 Å². The molecule has 1 aromatic carbocycles. The fraction of sp³-hybridized carbons (Fsp3) is 0.600. The predicted molar refractivity (Wildman–Crippen MR) is 80.8 cm³/mol. The Morgan fingerprint density at radius 3 is 2.33 bits per heavy atom. The van der Waals surface area contributed by atoms with Crippen molar-refractivity contribution in [2.45, 2.75) is 26.8 Å². The molecule has 0 aliphatic carbocycles. The molecule has 2 rings (SSSR count). The molecule has 18 heavy (non-hydrogen) atoms. The zero-order chi connectivity index (χ0) is 13.2. The molecule has 2 nitrogen and oxygen atoms in total. The third kappa shape index (κ3) is 3.14. The molecule has 3 heteroatoms. The van der Waals surface area contributed by atoms with Crippen molar-refractivity contribution in [2.75, 3.05) is 26.2 Å². The molecule has 1 heterocycles. The molecule has 1 N–H and O–H groups in total. The number of benzene rings is 1. The molecule has 1 atom stereocenters. The van der Waals surface area contributed by atoms with E-state index < -0.39 is 0 Å². The fourth-order valence-electron chi connectivity index (χ4n) is 2.85. The quantitative estimate of drug-likeness (QED) is 0.900. The summed E-state index contributed by atoms with van der Waals surface area (Å²) in [5, 5.41) is 3.43. The van der Waals surface area contributed by atoms with Gasteiger partial charge in [0.15, 0.2) is 0 Å². The van der Waals surface area contributed by atoms with Crippen molar-refractivity contribution >= 4 is 15.9 Å². The van der Waals surface area contributed by atoms with Gasteiger partial charge in [-0.05, 0) is 17.0 Å². The lowest BCUT2D eigenvalue weighted by Crippen LogP contribution is -2.48. The maximum atomic E-state index is 3.71. The summed E-state index contributed by atoms with van der Waals surface area (Å²) in [4.78, 5) is 2.61. The van der Waals surface area contributed by atoms with Crippen LogP contribution in [0.3, 0.4) is 0 Å². The molecule has 1 aromatic rings. The number of piperazine rings is 1. The van der Waals surface area contributed by atoms with E-state index in [9.17, 15) is 0 Å². The first-order valence-corrected chi connectivity index (χ1v) is 7.48. The Morgan fingerprint density at radius 2 is 1.78 bits per heavy atom. The van der Waals surface area contributed by atoms with Crippen LogP contribution in [0.1, 0.15) is 32.4 Å². The predicted octanol–water partition coefficient (Wildman–Crippen LogP) is 3.44. The Labute approximate surface area is 119 Å². The second kappa shape index (κ2) is 5.72. The molecule has 1 aliphatic rings. The lowest BCUT2D eigenvalue weighted by atomic mass is 9.81. The van der Waals surface area contributed by atoms with Crippen molar-refractivity contribution in [1.29, 1.82) is 0 Å². The SMILES string of the molecule is CC(C)(C)[C@@H](c1ccccc1Br)N1CCNCC1. The maximum absolute atomic E-state index is 3.71. The monoisotopic (exact) mass is 310 g/mol. The number of nitrogens with one attached hydrogen (secondary N) is 1. The van der Waals surface area contributed by atoms with Crippen molar-refractivity contribution in [3.05, 3.63) is 34.3 Å². The smallest absolute Gasteiger partial charge is 0.0408 e. The highest BCUT2D eigenvalue weighted by atomic mass is 79.9. The zero-order valence-electron chi connectivity index (χ0n) is 11.5. The number of hydrogen-bond donors (Lipinski definition) is 1. The van der Waals surface area contributed by atoms with E-state index in [0.717, 1.165) is 26.2 Å². The van der Waals surface area contributed by atoms with Gasteiger partial charge in [-0.15, -0.1) is 0 Å². The summed E-state index contributed by atoms with van der Waals surface area (Å²) in [6.07, 6.45) is 0. The van der Waals surface area contributed by atoms with E-state index >= 15 is 0 Å². The van der Waals surface area contributed by atoms with Gasteiger partial charge in [0.05, 0.1) is 0 Å². The molecule has 0 radical (unpaired) electrons. The van der Waals surface area contributed by atoms with E-state index in [-0.39, 0.29) is 5.41 Å². The van der Waals surface area contributed by atoms with E-state index in [0.29, 0.717) is 6.04 Å². The van der Waals surface area contributed by atoms with Crippen molar-refractivity contribution in [3.63, 3.8) is 0 Å². The molecule has 0 aromatic heterocycles. The van der Waals surface area contributed by atoms with Crippen LogP contribution in [0.4, 0.5) is 0 Å². The summed E-state index contributed by atoms with van der Waals surface area (Å²) >= 11 is 3.71. The normalized spacial score (nSPS) is 19.8. The third-order valence-corrected chi connectivity index (χ3v) is 4.26. The van der Waals surface area contributed by atoms with E-state index in [1.807, 2.05) is 0 Å². The number of rotatable bonds is 2. The summed E-state index contributed by atoms with van der Waals surface area (Å²) in [7, 11) is 0. The molecular weight excluding hydrogens is 288 g/mol. The van der Waals surface area contributed by atoms with Gasteiger partial charge in [0, 0.05) is 36.7 Å². The minimum atomic E-state index is 0.237. The number of halogens is 1. The fourth-order valence-corrected chi connectivity index (χ4v) is 3.35. The first kappa shape index (κ1) is 14.0. The Hall–Kier alpha value is -0.380. The third-order valence-electron chi connectivity index (χ3n) is 3.54. The van der Waals surface area contributed by atoms with Crippen LogP contribution in [0, 0.1) is 5.41 Å². The standard InChI is InChI=1S/C15H23BrN2/c1-15(2,3)14(18-10-8-17-9-11-18)12-6-4-5-7-13(12)16/h4-7,14,17H,8-11H2,1-3H3/t14-/m1/s1. The van der Waals surface area contributed by atoms with Gasteiger partial charge in [-0.2, -0.15) is 0 Å². The van der Waals surface area contributed by atoms with E-state index in [2.05, 4.69) is 71.2 Å². The molecule has 0 bridgehead atoms. The highest BCUT2D eigenvalue weighted by molar-refractivity contribution is 9.10. The molecule has 0 spiro atoms. The lowest BCUT2D eigenvalue weighted by molar-refractivity contribution is 0.0857. The van der Waals surface area contributed by atoms with Gasteiger partial charge in [0.2, 0.25) is 0 Å². The van der Waals surface area contributed by atoms with Gasteiger partial charge in [0.25, 0.3) is 0 Å². The average Bonchev–Trinajstić information content (AvgIpc) is 2.32. The van der Waals surface area contributed by atoms with E-state index in [4.69, 9.17) is 0 Å². The number of nitrogens with zero attached hydrogens (tertiary/aromatic N) is 1. The van der Waals surface area contributed by atoms with Crippen LogP contribution in [0.2, 0.25) is 0 Å². The Balaban J connectivity index is 2.34. The van der Waals surface area contributed by atoms with Crippen molar-refractivity contribution < 1.29 is 0 Å². The summed E-state index contributed by atoms with van der Waals surface area (Å²) in [6, 6.07) is 9.10. The zero-order valence-corrected chi connectivity index (χ0v) is 13.1. The Morgan fingerprint density at radius 1 is 1.17 bits per heavy atom. The molecule has 0 saturated carbocycles. The van der Waals surface area contributed by atoms with E-state index in [1.165, 1.54) is 10.0 Å². The molecule has 0 amide bonds. The van der Waals surface area contributed by atoms with Gasteiger partial charge < -0.3 is 5.32 Å². The van der Waals surface area contributed by atoms with Crippen LogP contribution in [-0.4, -0.2) is 31.1 Å². The van der Waals surface area contributed by atoms with Crippen LogP contribution in [0.15, 0.2) is 28.7 Å². The molecular formula is C15H23BrN2. The second-order valence-electron chi connectivity index (χ2n) is 6.08. The van der Waals surface area contributed by atoms with Crippen LogP contribution in [0.25, 0.3) is 0 Å². The topological polar surface area (TPSA) is 15.3 Å². The summed E-state index contributed by atoms with van der Waals surface area (Å²) in [6.45, 7) is 11.4. The highest BCUT2D eigenvalue weighted by Gasteiger charge is 2.33. The van der Waals surface area contributed by atoms with Crippen molar-refractivity contribution in [3.8, 4) is 0 Å². The average molecular weight is 311 g/mol. The second-order valence-corrected chi connectivity index (χ2v) is 6.93. The Bertz CT molecular complexity index is 392. The number of hydrogen-bond acceptors (Lipinski definition) is 2. The summed E-state index contributed by atoms with van der Waals surface area (Å²) in [5.41, 5.74) is 1.65. The molecule has 1 saturated heterocycles. The maximum Gasteiger partial charge on any atom is 0.0408 e. The lowest BCUT2D eigenvalue weighted by Gasteiger charge is -2.43. The van der Waals surface area contributed by atoms with Crippen LogP contribution < -0.4 is 5.32 Å². The molecule has 0 unspecified atom stereocenters. The van der Waals surface area contributed by atoms with Gasteiger partial charge in [-0.25, -0.2) is 0 Å². The molecule has 1 aliphatic heterocycles. The van der Waals surface area contributed by atoms with E-state index in [1.54, 1.807) is 0 Å². The first-order chi connectivity index (χ1) is 8.50. The largest absolute Gasteiger partial charge is 0.314 e. The Kier molecular flexibility index (Phi) is 4.46. The molecule has 100 valence electrons. The van der Waals surface area contributed by atoms with Gasteiger partial charge in [-0.3, -0.25) is 4.90 Å². The molecule has 1 fully saturated rings. The van der Waals surface area contributed by atoms with Crippen molar-refractivity contribution in [2.24, 2.45) is 5.41 Å². The van der Waals surface area contributed by atoms with Crippen LogP contribution >= 0.6 is 15.9 Å². The summed E-state index contributed by atoms with van der Waals surface area (Å²) < 4.78 is 1.23. The highest BCUT2D eigenvalue weighted by Crippen LogP contribution is 2.40. The summed E-state index contributed by atoms with van der Waals surface area (Å²) in [5.74, 6) is 0. The van der Waals surface area contributed by atoms with Gasteiger partial charge in [0.1, 0.15) is 0 Å². The minimum Gasteiger partial charge on any atom is -0.314 e. The van der Waals surface area contributed by atoms with Crippen molar-refractivity contribution in [1.82, 2.24) is 10.2 Å². The first-order valence-electron chi connectivity index (χ1n) is 6.69. The minimum absolute atomic E-state index is 0.237. The van der Waals surface area contributed by atoms with Gasteiger partial charge >= 0.3 is 0 Å². The van der Waals surface area contributed by atoms with Crippen LogP contribution in [-0.2, 0) is 0 Å².